The number of rotatable bonds is 3. The molecule has 0 saturated carbocycles. The average molecular weight is 402 g/mol. The molecular formula is C23H22N4O3. The number of nitrogens with one attached hydrogen (secondary N) is 2. The number of para-hydroxylation sites is 1. The normalized spacial score (nSPS) is 19.4. The highest BCUT2D eigenvalue weighted by Crippen LogP contribution is 2.32. The van der Waals surface area contributed by atoms with E-state index >= 15 is 0 Å². The third-order valence-corrected chi connectivity index (χ3v) is 5.92. The van der Waals surface area contributed by atoms with E-state index in [1.807, 2.05) is 12.1 Å². The molecule has 2 aliphatic heterocycles. The van der Waals surface area contributed by atoms with Crippen molar-refractivity contribution in [2.24, 2.45) is 0 Å². The van der Waals surface area contributed by atoms with Crippen LogP contribution in [0, 0.1) is 0 Å². The van der Waals surface area contributed by atoms with E-state index in [-0.39, 0.29) is 24.1 Å². The van der Waals surface area contributed by atoms with Crippen LogP contribution < -0.4 is 10.2 Å². The minimum absolute atomic E-state index is 0.169. The van der Waals surface area contributed by atoms with Gasteiger partial charge in [0, 0.05) is 42.3 Å². The van der Waals surface area contributed by atoms with Gasteiger partial charge in [0.2, 0.25) is 11.8 Å². The molecule has 2 aliphatic rings. The summed E-state index contributed by atoms with van der Waals surface area (Å²) in [6.07, 6.45) is 1.03. The molecular weight excluding hydrogens is 380 g/mol. The van der Waals surface area contributed by atoms with E-state index in [4.69, 9.17) is 0 Å². The fourth-order valence-corrected chi connectivity index (χ4v) is 4.55. The number of nitrogens with zero attached hydrogens (tertiary/aromatic N) is 2. The van der Waals surface area contributed by atoms with Crippen molar-refractivity contribution in [2.75, 3.05) is 16.8 Å². The molecule has 0 bridgehead atoms. The predicted octanol–water partition coefficient (Wildman–Crippen LogP) is 2.82. The smallest absolute Gasteiger partial charge is 0.251 e. The van der Waals surface area contributed by atoms with Crippen molar-refractivity contribution in [1.29, 1.82) is 0 Å². The zero-order valence-electron chi connectivity index (χ0n) is 16.6. The van der Waals surface area contributed by atoms with Crippen molar-refractivity contribution < 1.29 is 14.4 Å². The molecule has 1 aromatic heterocycles. The first kappa shape index (κ1) is 18.6. The molecule has 3 heterocycles. The summed E-state index contributed by atoms with van der Waals surface area (Å²) >= 11 is 0. The molecule has 152 valence electrons. The van der Waals surface area contributed by atoms with Crippen LogP contribution in [0.1, 0.15) is 24.6 Å². The zero-order chi connectivity index (χ0) is 20.8. The fraction of sp³-hybridized carbons (Fsp3) is 0.261. The Bertz CT molecular complexity index is 1160. The highest BCUT2D eigenvalue weighted by molar-refractivity contribution is 6.22. The van der Waals surface area contributed by atoms with Crippen molar-refractivity contribution in [3.8, 4) is 0 Å². The highest BCUT2D eigenvalue weighted by atomic mass is 16.2. The quantitative estimate of drug-likeness (QED) is 0.660. The zero-order valence-corrected chi connectivity index (χ0v) is 16.6. The Balaban J connectivity index is 1.36. The molecule has 7 nitrogen and oxygen atoms in total. The second kappa shape index (κ2) is 7.11. The van der Waals surface area contributed by atoms with Crippen molar-refractivity contribution in [3.05, 3.63) is 59.8 Å². The third kappa shape index (κ3) is 3.07. The van der Waals surface area contributed by atoms with Gasteiger partial charge < -0.3 is 10.3 Å². The fourth-order valence-electron chi connectivity index (χ4n) is 4.55. The number of carbonyl (C=O) groups excluding carboxylic acids is 3. The van der Waals surface area contributed by atoms with Gasteiger partial charge in [-0.1, -0.05) is 18.2 Å². The van der Waals surface area contributed by atoms with Crippen LogP contribution in [0.25, 0.3) is 10.9 Å². The van der Waals surface area contributed by atoms with E-state index in [2.05, 4.69) is 27.3 Å². The van der Waals surface area contributed by atoms with Crippen molar-refractivity contribution in [1.82, 2.24) is 9.88 Å². The highest BCUT2D eigenvalue weighted by Gasteiger charge is 2.43. The summed E-state index contributed by atoms with van der Waals surface area (Å²) in [4.78, 5) is 43.9. The monoisotopic (exact) mass is 402 g/mol. The Kier molecular flexibility index (Phi) is 4.40. The number of H-pyrrole nitrogens is 1. The van der Waals surface area contributed by atoms with Gasteiger partial charge in [-0.3, -0.25) is 19.3 Å². The number of fused-ring (bicyclic) bond motifs is 3. The van der Waals surface area contributed by atoms with Gasteiger partial charge in [0.1, 0.15) is 0 Å². The molecule has 0 spiro atoms. The number of aromatic nitrogens is 1. The Morgan fingerprint density at radius 3 is 2.63 bits per heavy atom. The first-order valence-corrected chi connectivity index (χ1v) is 10.1. The summed E-state index contributed by atoms with van der Waals surface area (Å²) in [5.41, 5.74) is 4.71. The number of aromatic amines is 1. The maximum Gasteiger partial charge on any atom is 0.251 e. The molecule has 1 atom stereocenters. The topological polar surface area (TPSA) is 85.5 Å². The Morgan fingerprint density at radius 1 is 1.10 bits per heavy atom. The summed E-state index contributed by atoms with van der Waals surface area (Å²) in [6, 6.07) is 14.6. The van der Waals surface area contributed by atoms with Crippen LogP contribution in [-0.2, 0) is 27.3 Å². The molecule has 2 N–H and O–H groups in total. The van der Waals surface area contributed by atoms with Gasteiger partial charge in [0.05, 0.1) is 18.2 Å². The summed E-state index contributed by atoms with van der Waals surface area (Å²) in [5, 5.41) is 3.92. The van der Waals surface area contributed by atoms with Gasteiger partial charge >= 0.3 is 0 Å². The summed E-state index contributed by atoms with van der Waals surface area (Å²) in [6.45, 7) is 2.81. The van der Waals surface area contributed by atoms with Crippen LogP contribution in [0.5, 0.6) is 0 Å². The van der Waals surface area contributed by atoms with E-state index in [1.165, 1.54) is 22.8 Å². The number of hydrogen-bond acceptors (Lipinski definition) is 4. The molecule has 0 aliphatic carbocycles. The number of carbonyl (C=O) groups is 3. The summed E-state index contributed by atoms with van der Waals surface area (Å²) in [5.74, 6) is -0.552. The van der Waals surface area contributed by atoms with Crippen molar-refractivity contribution in [3.63, 3.8) is 0 Å². The van der Waals surface area contributed by atoms with E-state index in [0.717, 1.165) is 24.2 Å². The lowest BCUT2D eigenvalue weighted by atomic mass is 10.0. The molecule has 3 aromatic rings. The Hall–Kier alpha value is -3.45. The largest absolute Gasteiger partial charge is 0.357 e. The predicted molar refractivity (Wildman–Crippen MR) is 114 cm³/mol. The maximum absolute atomic E-state index is 13.1. The minimum atomic E-state index is -0.452. The molecule has 3 amide bonds. The average Bonchev–Trinajstić information content (AvgIpc) is 3.24. The molecule has 1 saturated heterocycles. The van der Waals surface area contributed by atoms with E-state index < -0.39 is 6.04 Å². The van der Waals surface area contributed by atoms with Crippen LogP contribution in [-0.4, -0.2) is 40.2 Å². The van der Waals surface area contributed by atoms with Gasteiger partial charge in [-0.2, -0.15) is 0 Å². The first-order valence-electron chi connectivity index (χ1n) is 10.1. The molecule has 7 heteroatoms. The standard InChI is InChI=1S/C23H22N4O3/c1-14(28)24-15-6-8-16(9-7-15)27-22(29)12-21(23(27)30)26-11-10-18-17-4-2-3-5-19(17)25-20(18)13-26/h2-9,21,25H,10-13H2,1H3,(H,24,28)/t21-/m0/s1. The molecule has 5 rings (SSSR count). The summed E-state index contributed by atoms with van der Waals surface area (Å²) in [7, 11) is 0. The van der Waals surface area contributed by atoms with E-state index in [0.29, 0.717) is 17.9 Å². The van der Waals surface area contributed by atoms with Crippen LogP contribution in [0.3, 0.4) is 0 Å². The maximum atomic E-state index is 13.1. The lowest BCUT2D eigenvalue weighted by Crippen LogP contribution is -2.44. The van der Waals surface area contributed by atoms with Gasteiger partial charge in [0.25, 0.3) is 5.91 Å². The number of imide groups is 1. The SMILES string of the molecule is CC(=O)Nc1ccc(N2C(=O)C[C@H](N3CCc4c([nH]c5ccccc45)C3)C2=O)cc1. The van der Waals surface area contributed by atoms with Crippen LogP contribution >= 0.6 is 0 Å². The lowest BCUT2D eigenvalue weighted by molar-refractivity contribution is -0.123. The van der Waals surface area contributed by atoms with E-state index in [9.17, 15) is 14.4 Å². The second-order valence-electron chi connectivity index (χ2n) is 7.86. The number of amides is 3. The van der Waals surface area contributed by atoms with Gasteiger partial charge in [-0.25, -0.2) is 4.90 Å². The van der Waals surface area contributed by atoms with Gasteiger partial charge in [0.15, 0.2) is 0 Å². The van der Waals surface area contributed by atoms with Gasteiger partial charge in [-0.05, 0) is 42.3 Å². The van der Waals surface area contributed by atoms with Crippen LogP contribution in [0.4, 0.5) is 11.4 Å². The Labute approximate surface area is 173 Å². The number of anilines is 2. The minimum Gasteiger partial charge on any atom is -0.357 e. The van der Waals surface area contributed by atoms with Crippen LogP contribution in [0.2, 0.25) is 0 Å². The lowest BCUT2D eigenvalue weighted by Gasteiger charge is -2.30. The third-order valence-electron chi connectivity index (χ3n) is 5.92. The van der Waals surface area contributed by atoms with Gasteiger partial charge in [-0.15, -0.1) is 0 Å². The molecule has 0 radical (unpaired) electrons. The Morgan fingerprint density at radius 2 is 1.87 bits per heavy atom. The summed E-state index contributed by atoms with van der Waals surface area (Å²) < 4.78 is 0. The second-order valence-corrected chi connectivity index (χ2v) is 7.86. The number of benzene rings is 2. The van der Waals surface area contributed by atoms with Crippen molar-refractivity contribution >= 4 is 40.0 Å². The molecule has 30 heavy (non-hydrogen) atoms. The first-order chi connectivity index (χ1) is 14.5. The number of hydrogen-bond donors (Lipinski definition) is 2. The van der Waals surface area contributed by atoms with Crippen molar-refractivity contribution in [2.45, 2.75) is 32.4 Å². The van der Waals surface area contributed by atoms with E-state index in [1.54, 1.807) is 24.3 Å². The molecule has 0 unspecified atom stereocenters. The molecule has 1 fully saturated rings. The van der Waals surface area contributed by atoms with Crippen LogP contribution in [0.15, 0.2) is 48.5 Å². The molecule has 2 aromatic carbocycles.